The summed E-state index contributed by atoms with van der Waals surface area (Å²) in [6, 6.07) is 14.2. The van der Waals surface area contributed by atoms with Gasteiger partial charge < -0.3 is 5.11 Å². The lowest BCUT2D eigenvalue weighted by atomic mass is 10.1. The molecule has 0 fully saturated rings. The lowest BCUT2D eigenvalue weighted by Crippen LogP contribution is -2.19. The first-order valence-corrected chi connectivity index (χ1v) is 9.35. The largest absolute Gasteiger partial charge is 0.478 e. The Hall–Kier alpha value is -3.41. The fourth-order valence-electron chi connectivity index (χ4n) is 3.16. The van der Waals surface area contributed by atoms with Gasteiger partial charge in [0.05, 0.1) is 22.5 Å². The summed E-state index contributed by atoms with van der Waals surface area (Å²) < 4.78 is 1.29. The van der Waals surface area contributed by atoms with E-state index in [4.69, 9.17) is 0 Å². The van der Waals surface area contributed by atoms with Gasteiger partial charge in [0.25, 0.3) is 5.56 Å². The van der Waals surface area contributed by atoms with Crippen LogP contribution in [-0.4, -0.2) is 27.1 Å². The van der Waals surface area contributed by atoms with Gasteiger partial charge in [-0.1, -0.05) is 50.6 Å². The average Bonchev–Trinajstić information content (AvgIpc) is 3.02. The summed E-state index contributed by atoms with van der Waals surface area (Å²) >= 11 is 0. The summed E-state index contributed by atoms with van der Waals surface area (Å²) in [4.78, 5) is 29.2. The molecular weight excluding hydrogens is 354 g/mol. The first kappa shape index (κ1) is 19.4. The topological polar surface area (TPSA) is 87.5 Å². The molecule has 0 bridgehead atoms. The Morgan fingerprint density at radius 1 is 1.14 bits per heavy atom. The molecule has 0 aliphatic heterocycles. The number of carboxylic acids is 1. The maximum absolute atomic E-state index is 13.1. The van der Waals surface area contributed by atoms with E-state index in [1.165, 1.54) is 10.7 Å². The predicted molar refractivity (Wildman–Crippen MR) is 110 cm³/mol. The first-order chi connectivity index (χ1) is 13.6. The number of hydrogen-bond donors (Lipinski definition) is 2. The fourth-order valence-corrected chi connectivity index (χ4v) is 3.16. The van der Waals surface area contributed by atoms with E-state index in [1.807, 2.05) is 31.2 Å². The lowest BCUT2D eigenvalue weighted by molar-refractivity contribution is 0.0696. The molecule has 0 radical (unpaired) electrons. The highest BCUT2D eigenvalue weighted by Gasteiger charge is 2.18. The zero-order valence-electron chi connectivity index (χ0n) is 16.0. The van der Waals surface area contributed by atoms with Crippen LogP contribution in [0, 0.1) is 0 Å². The molecule has 0 atom stereocenters. The van der Waals surface area contributed by atoms with Crippen molar-refractivity contribution in [1.82, 2.24) is 9.78 Å². The number of aromatic carboxylic acids is 1. The molecule has 0 unspecified atom stereocenters. The van der Waals surface area contributed by atoms with E-state index in [-0.39, 0.29) is 11.1 Å². The molecule has 6 nitrogen and oxygen atoms in total. The molecule has 1 heterocycles. The molecular formula is C22H23N3O3. The average molecular weight is 377 g/mol. The van der Waals surface area contributed by atoms with Gasteiger partial charge in [0.15, 0.2) is 0 Å². The van der Waals surface area contributed by atoms with Crippen molar-refractivity contribution in [2.75, 3.05) is 0 Å². The van der Waals surface area contributed by atoms with Crippen LogP contribution in [0.15, 0.2) is 58.3 Å². The quantitative estimate of drug-likeness (QED) is 0.607. The van der Waals surface area contributed by atoms with E-state index in [0.717, 1.165) is 29.8 Å². The van der Waals surface area contributed by atoms with Crippen molar-refractivity contribution in [2.24, 2.45) is 4.99 Å². The minimum atomic E-state index is -1.08. The minimum absolute atomic E-state index is 0.0636. The van der Waals surface area contributed by atoms with Gasteiger partial charge in [0, 0.05) is 11.9 Å². The van der Waals surface area contributed by atoms with Crippen LogP contribution in [0.1, 0.15) is 47.4 Å². The maximum Gasteiger partial charge on any atom is 0.337 e. The van der Waals surface area contributed by atoms with Crippen molar-refractivity contribution in [3.05, 3.63) is 81.3 Å². The van der Waals surface area contributed by atoms with Crippen molar-refractivity contribution >= 4 is 17.9 Å². The number of rotatable bonds is 7. The monoisotopic (exact) mass is 377 g/mol. The number of aryl methyl sites for hydroxylation is 2. The lowest BCUT2D eigenvalue weighted by Gasteiger charge is -2.05. The highest BCUT2D eigenvalue weighted by molar-refractivity contribution is 5.92. The Labute approximate surface area is 163 Å². The van der Waals surface area contributed by atoms with Crippen LogP contribution in [-0.2, 0) is 12.8 Å². The molecule has 144 valence electrons. The van der Waals surface area contributed by atoms with Crippen molar-refractivity contribution < 1.29 is 9.90 Å². The molecule has 0 saturated heterocycles. The second-order valence-electron chi connectivity index (χ2n) is 6.46. The molecule has 28 heavy (non-hydrogen) atoms. The van der Waals surface area contributed by atoms with Crippen LogP contribution in [0.2, 0.25) is 0 Å². The second kappa shape index (κ2) is 8.52. The number of carbonyl (C=O) groups is 1. The van der Waals surface area contributed by atoms with E-state index < -0.39 is 5.97 Å². The number of aliphatic imine (C=N–C) groups is 1. The number of nitrogens with one attached hydrogen (secondary N) is 1. The van der Waals surface area contributed by atoms with Crippen LogP contribution in [0.25, 0.3) is 5.69 Å². The number of carboxylic acid groups (broad SMARTS) is 1. The van der Waals surface area contributed by atoms with E-state index in [0.29, 0.717) is 17.7 Å². The second-order valence-corrected chi connectivity index (χ2v) is 6.46. The number of aromatic nitrogens is 2. The van der Waals surface area contributed by atoms with Gasteiger partial charge in [-0.3, -0.25) is 14.9 Å². The molecule has 3 aromatic rings. The number of H-pyrrole nitrogens is 1. The normalized spacial score (nSPS) is 11.2. The first-order valence-electron chi connectivity index (χ1n) is 9.35. The third kappa shape index (κ3) is 3.81. The molecule has 2 aromatic carbocycles. The zero-order chi connectivity index (χ0) is 20.1. The summed E-state index contributed by atoms with van der Waals surface area (Å²) in [5, 5.41) is 12.5. The number of para-hydroxylation sites is 2. The van der Waals surface area contributed by atoms with E-state index in [2.05, 4.69) is 17.0 Å². The van der Waals surface area contributed by atoms with Gasteiger partial charge in [-0.2, -0.15) is 0 Å². The number of hydrogen-bond acceptors (Lipinski definition) is 3. The van der Waals surface area contributed by atoms with Crippen molar-refractivity contribution in [1.29, 1.82) is 0 Å². The third-order valence-electron chi connectivity index (χ3n) is 4.59. The molecule has 0 saturated carbocycles. The molecule has 6 heteroatoms. The van der Waals surface area contributed by atoms with Gasteiger partial charge in [-0.05, 0) is 36.6 Å². The molecule has 2 N–H and O–H groups in total. The Balaban J connectivity index is 2.12. The Morgan fingerprint density at radius 3 is 2.57 bits per heavy atom. The molecule has 1 aromatic heterocycles. The SMILES string of the molecule is CCCc1[nH]n(-c2ccccc2C(=O)O)c(=O)c1C=Nc1ccccc1CC. The predicted octanol–water partition coefficient (Wildman–Crippen LogP) is 4.13. The highest BCUT2D eigenvalue weighted by Crippen LogP contribution is 2.19. The van der Waals surface area contributed by atoms with E-state index in [1.54, 1.807) is 24.4 Å². The molecule has 3 rings (SSSR count). The number of benzene rings is 2. The molecule has 0 aliphatic carbocycles. The summed E-state index contributed by atoms with van der Waals surface area (Å²) in [5.41, 5.74) is 3.18. The number of aromatic amines is 1. The Morgan fingerprint density at radius 2 is 1.86 bits per heavy atom. The van der Waals surface area contributed by atoms with Gasteiger partial charge in [0.2, 0.25) is 0 Å². The van der Waals surface area contributed by atoms with Crippen LogP contribution in [0.3, 0.4) is 0 Å². The van der Waals surface area contributed by atoms with Crippen LogP contribution in [0.4, 0.5) is 5.69 Å². The van der Waals surface area contributed by atoms with Gasteiger partial charge in [0.1, 0.15) is 0 Å². The standard InChI is InChI=1S/C22H23N3O3/c1-3-9-19-17(14-23-18-12-7-5-10-15(18)4-2)21(26)25(24-19)20-13-8-6-11-16(20)22(27)28/h5-8,10-14,24H,3-4,9H2,1-2H3,(H,27,28). The fraction of sp³-hybridized carbons (Fsp3) is 0.227. The Kier molecular flexibility index (Phi) is 5.89. The Bertz CT molecular complexity index is 1080. The highest BCUT2D eigenvalue weighted by atomic mass is 16.4. The van der Waals surface area contributed by atoms with Crippen LogP contribution >= 0.6 is 0 Å². The molecule has 0 amide bonds. The van der Waals surface area contributed by atoms with Gasteiger partial charge in [-0.25, -0.2) is 9.48 Å². The van der Waals surface area contributed by atoms with Crippen molar-refractivity contribution in [3.8, 4) is 5.69 Å². The third-order valence-corrected chi connectivity index (χ3v) is 4.59. The maximum atomic E-state index is 13.1. The molecule has 0 spiro atoms. The van der Waals surface area contributed by atoms with E-state index in [9.17, 15) is 14.7 Å². The summed E-state index contributed by atoms with van der Waals surface area (Å²) in [6.45, 7) is 4.08. The summed E-state index contributed by atoms with van der Waals surface area (Å²) in [6.07, 6.45) is 3.93. The van der Waals surface area contributed by atoms with Gasteiger partial charge >= 0.3 is 5.97 Å². The summed E-state index contributed by atoms with van der Waals surface area (Å²) in [7, 11) is 0. The van der Waals surface area contributed by atoms with Crippen molar-refractivity contribution in [3.63, 3.8) is 0 Å². The van der Waals surface area contributed by atoms with Crippen LogP contribution < -0.4 is 5.56 Å². The zero-order valence-corrected chi connectivity index (χ0v) is 16.0. The molecule has 0 aliphatic rings. The summed E-state index contributed by atoms with van der Waals surface area (Å²) in [5.74, 6) is -1.08. The van der Waals surface area contributed by atoms with Crippen molar-refractivity contribution in [2.45, 2.75) is 33.1 Å². The van der Waals surface area contributed by atoms with Gasteiger partial charge in [-0.15, -0.1) is 0 Å². The van der Waals surface area contributed by atoms with Crippen LogP contribution in [0.5, 0.6) is 0 Å². The smallest absolute Gasteiger partial charge is 0.337 e. The minimum Gasteiger partial charge on any atom is -0.478 e. The number of nitrogens with zero attached hydrogens (tertiary/aromatic N) is 2. The van der Waals surface area contributed by atoms with E-state index >= 15 is 0 Å².